The number of hydrogen-bond donors (Lipinski definition) is 1. The van der Waals surface area contributed by atoms with Gasteiger partial charge in [0.1, 0.15) is 17.6 Å². The van der Waals surface area contributed by atoms with E-state index in [-0.39, 0.29) is 5.97 Å². The summed E-state index contributed by atoms with van der Waals surface area (Å²) in [6.07, 6.45) is 5.30. The van der Waals surface area contributed by atoms with Crippen molar-refractivity contribution in [2.75, 3.05) is 26.2 Å². The fourth-order valence-corrected chi connectivity index (χ4v) is 5.07. The van der Waals surface area contributed by atoms with E-state index in [4.69, 9.17) is 9.26 Å². The minimum Gasteiger partial charge on any atom is -0.466 e. The Morgan fingerprint density at radius 2 is 2.05 bits per heavy atom. The third-order valence-corrected chi connectivity index (χ3v) is 7.23. The van der Waals surface area contributed by atoms with Gasteiger partial charge in [-0.15, -0.1) is 0 Å². The van der Waals surface area contributed by atoms with Crippen molar-refractivity contribution in [3.8, 4) is 23.2 Å². The molecule has 0 radical (unpaired) electrons. The van der Waals surface area contributed by atoms with Gasteiger partial charge < -0.3 is 23.8 Å². The third kappa shape index (κ3) is 6.12. The van der Waals surface area contributed by atoms with Crippen LogP contribution in [0.15, 0.2) is 47.2 Å². The quantitative estimate of drug-likeness (QED) is 0.255. The molecule has 1 N–H and O–H groups in total. The lowest BCUT2D eigenvalue weighted by Gasteiger charge is -2.17. The summed E-state index contributed by atoms with van der Waals surface area (Å²) in [6, 6.07) is 9.94. The van der Waals surface area contributed by atoms with E-state index in [0.29, 0.717) is 48.9 Å². The molecule has 2 aliphatic rings. The lowest BCUT2D eigenvalue weighted by molar-refractivity contribution is -0.144. The Balaban J connectivity index is 1.09. The van der Waals surface area contributed by atoms with Crippen LogP contribution in [0, 0.1) is 29.6 Å². The maximum Gasteiger partial charge on any atom is 0.307 e. The smallest absolute Gasteiger partial charge is 0.307 e. The Morgan fingerprint density at radius 3 is 2.78 bits per heavy atom. The fraction of sp³-hybridized carbons (Fsp3) is 0.483. The molecule has 5 rings (SSSR count). The number of aliphatic hydroxyl groups excluding tert-OH is 1. The van der Waals surface area contributed by atoms with E-state index >= 15 is 0 Å². The van der Waals surface area contributed by atoms with Gasteiger partial charge in [0.2, 0.25) is 0 Å². The molecule has 2 fully saturated rings. The summed E-state index contributed by atoms with van der Waals surface area (Å²) in [5, 5.41) is 14.0. The number of aliphatic hydroxyl groups is 1. The normalized spacial score (nSPS) is 21.2. The zero-order chi connectivity index (χ0) is 25.8. The van der Waals surface area contributed by atoms with Gasteiger partial charge in [0, 0.05) is 55.1 Å². The maximum absolute atomic E-state index is 11.8. The van der Waals surface area contributed by atoms with Crippen molar-refractivity contribution in [3.63, 3.8) is 0 Å². The summed E-state index contributed by atoms with van der Waals surface area (Å²) < 4.78 is 12.7. The van der Waals surface area contributed by atoms with Gasteiger partial charge in [-0.2, -0.15) is 0 Å². The number of fused-ring (bicyclic) bond motifs is 1. The van der Waals surface area contributed by atoms with Crippen molar-refractivity contribution in [1.29, 1.82) is 0 Å². The predicted molar refractivity (Wildman–Crippen MR) is 138 cm³/mol. The molecule has 1 saturated carbocycles. The van der Waals surface area contributed by atoms with Crippen LogP contribution in [0.25, 0.3) is 11.3 Å². The summed E-state index contributed by atoms with van der Waals surface area (Å²) in [6.45, 7) is 7.64. The number of imidazole rings is 1. The number of esters is 1. The molecule has 8 nitrogen and oxygen atoms in total. The van der Waals surface area contributed by atoms with Crippen LogP contribution in [-0.4, -0.2) is 56.9 Å². The van der Waals surface area contributed by atoms with Crippen LogP contribution in [0.1, 0.15) is 56.3 Å². The Kier molecular flexibility index (Phi) is 7.73. The van der Waals surface area contributed by atoms with E-state index in [1.165, 1.54) is 0 Å². The molecule has 3 aromatic rings. The number of piperidine rings is 1. The SMILES string of the molecule is CCCCOC(=O)CCN1C[C@@H]2C(C#Cc3ccc(-c4cc(Cn5ccnc5[C@H](C)O)no4)cc3)[C@@H]2C1. The second kappa shape index (κ2) is 11.3. The minimum absolute atomic E-state index is 0.0842. The number of nitrogens with zero attached hydrogens (tertiary/aromatic N) is 4. The number of likely N-dealkylation sites (tertiary alicyclic amines) is 1. The summed E-state index contributed by atoms with van der Waals surface area (Å²) in [4.78, 5) is 18.4. The number of carbonyl (C=O) groups excluding carboxylic acids is 1. The third-order valence-electron chi connectivity index (χ3n) is 7.23. The minimum atomic E-state index is -0.643. The van der Waals surface area contributed by atoms with Gasteiger partial charge in [0.25, 0.3) is 0 Å². The van der Waals surface area contributed by atoms with Gasteiger partial charge in [-0.1, -0.05) is 30.3 Å². The molecule has 1 aliphatic heterocycles. The second-order valence-electron chi connectivity index (χ2n) is 10.1. The van der Waals surface area contributed by atoms with Crippen LogP contribution in [0.3, 0.4) is 0 Å². The van der Waals surface area contributed by atoms with Crippen molar-refractivity contribution >= 4 is 5.97 Å². The molecular formula is C29H34N4O4. The molecule has 4 atom stereocenters. The molecular weight excluding hydrogens is 468 g/mol. The van der Waals surface area contributed by atoms with Crippen LogP contribution >= 0.6 is 0 Å². The first kappa shape index (κ1) is 25.2. The Hall–Kier alpha value is -3.41. The fourth-order valence-electron chi connectivity index (χ4n) is 5.07. The molecule has 1 aromatic carbocycles. The maximum atomic E-state index is 11.8. The van der Waals surface area contributed by atoms with Crippen molar-refractivity contribution in [3.05, 3.63) is 59.8 Å². The topological polar surface area (TPSA) is 93.6 Å². The van der Waals surface area contributed by atoms with E-state index in [0.717, 1.165) is 49.3 Å². The molecule has 0 spiro atoms. The number of benzene rings is 1. The first-order valence-electron chi connectivity index (χ1n) is 13.2. The molecule has 0 amide bonds. The van der Waals surface area contributed by atoms with Gasteiger partial charge in [-0.05, 0) is 49.4 Å². The highest BCUT2D eigenvalue weighted by Gasteiger charge is 2.54. The van der Waals surface area contributed by atoms with Crippen molar-refractivity contribution in [1.82, 2.24) is 19.6 Å². The number of hydrogen-bond acceptors (Lipinski definition) is 7. The molecule has 2 aromatic heterocycles. The molecule has 37 heavy (non-hydrogen) atoms. The van der Waals surface area contributed by atoms with Crippen molar-refractivity contribution < 1.29 is 19.2 Å². The van der Waals surface area contributed by atoms with Crippen LogP contribution < -0.4 is 0 Å². The van der Waals surface area contributed by atoms with E-state index in [1.807, 2.05) is 41.1 Å². The van der Waals surface area contributed by atoms with Crippen molar-refractivity contribution in [2.24, 2.45) is 17.8 Å². The van der Waals surface area contributed by atoms with Crippen LogP contribution in [0.2, 0.25) is 0 Å². The molecule has 8 heteroatoms. The lowest BCUT2D eigenvalue weighted by atomic mass is 10.1. The van der Waals surface area contributed by atoms with Gasteiger partial charge in [-0.25, -0.2) is 4.98 Å². The molecule has 0 bridgehead atoms. The number of aromatic nitrogens is 3. The summed E-state index contributed by atoms with van der Waals surface area (Å²) >= 11 is 0. The monoisotopic (exact) mass is 502 g/mol. The van der Waals surface area contributed by atoms with Crippen LogP contribution in [-0.2, 0) is 16.1 Å². The van der Waals surface area contributed by atoms with Crippen molar-refractivity contribution in [2.45, 2.75) is 45.8 Å². The molecule has 3 heterocycles. The molecule has 1 aliphatic carbocycles. The van der Waals surface area contributed by atoms with Gasteiger partial charge in [0.15, 0.2) is 5.76 Å². The molecule has 1 saturated heterocycles. The standard InChI is InChI=1S/C29H34N4O4/c1-3-4-15-36-28(35)11-13-32-18-25-24(26(25)19-32)10-7-21-5-8-22(9-6-21)27-16-23(31-37-27)17-33-14-12-30-29(33)20(2)34/h5-6,8-9,12,14,16,20,24-26,34H,3-4,11,13,15,17-19H2,1-2H3/t20-,24?,25-,26+/m0/s1. The number of ether oxygens (including phenoxy) is 1. The van der Waals surface area contributed by atoms with Gasteiger partial charge in [-0.3, -0.25) is 4.79 Å². The Morgan fingerprint density at radius 1 is 1.27 bits per heavy atom. The Bertz CT molecular complexity index is 1250. The highest BCUT2D eigenvalue weighted by atomic mass is 16.5. The van der Waals surface area contributed by atoms with Crippen LogP contribution in [0.4, 0.5) is 0 Å². The van der Waals surface area contributed by atoms with E-state index in [9.17, 15) is 9.90 Å². The number of unbranched alkanes of at least 4 members (excludes halogenated alkanes) is 1. The summed E-state index contributed by atoms with van der Waals surface area (Å²) in [7, 11) is 0. The molecule has 194 valence electrons. The zero-order valence-corrected chi connectivity index (χ0v) is 21.5. The first-order valence-corrected chi connectivity index (χ1v) is 13.2. The highest BCUT2D eigenvalue weighted by Crippen LogP contribution is 2.51. The molecule has 1 unspecified atom stereocenters. The first-order chi connectivity index (χ1) is 18.0. The number of carbonyl (C=O) groups is 1. The van der Waals surface area contributed by atoms with Crippen LogP contribution in [0.5, 0.6) is 0 Å². The lowest BCUT2D eigenvalue weighted by Crippen LogP contribution is -2.27. The summed E-state index contributed by atoms with van der Waals surface area (Å²) in [5.41, 5.74) is 2.69. The number of rotatable bonds is 10. The highest BCUT2D eigenvalue weighted by molar-refractivity contribution is 5.69. The summed E-state index contributed by atoms with van der Waals surface area (Å²) in [5.74, 6) is 9.72. The van der Waals surface area contributed by atoms with Gasteiger partial charge in [0.05, 0.1) is 19.6 Å². The Labute approximate surface area is 217 Å². The van der Waals surface area contributed by atoms with E-state index in [1.54, 1.807) is 13.1 Å². The predicted octanol–water partition coefficient (Wildman–Crippen LogP) is 3.90. The largest absolute Gasteiger partial charge is 0.466 e. The average molecular weight is 503 g/mol. The van der Waals surface area contributed by atoms with Gasteiger partial charge >= 0.3 is 5.97 Å². The van der Waals surface area contributed by atoms with E-state index in [2.05, 4.69) is 33.8 Å². The average Bonchev–Trinajstić information content (AvgIpc) is 3.38. The zero-order valence-electron chi connectivity index (χ0n) is 21.5. The second-order valence-corrected chi connectivity index (χ2v) is 10.1. The van der Waals surface area contributed by atoms with E-state index < -0.39 is 6.10 Å².